The number of nitrogens with zero attached hydrogens (tertiary/aromatic N) is 4. The number of carbonyl (C=O) groups excluding carboxylic acids is 1. The summed E-state index contributed by atoms with van der Waals surface area (Å²) in [5.41, 5.74) is 4.71. The van der Waals surface area contributed by atoms with Gasteiger partial charge in [-0.2, -0.15) is 0 Å². The van der Waals surface area contributed by atoms with E-state index < -0.39 is 4.92 Å². The molecule has 1 aliphatic heterocycles. The summed E-state index contributed by atoms with van der Waals surface area (Å²) in [5, 5.41) is 11.2. The molecule has 0 saturated carbocycles. The van der Waals surface area contributed by atoms with Crippen LogP contribution in [0.4, 0.5) is 17.1 Å². The summed E-state index contributed by atoms with van der Waals surface area (Å²) in [7, 11) is 3.66. The summed E-state index contributed by atoms with van der Waals surface area (Å²) in [6, 6.07) is 10.7. The van der Waals surface area contributed by atoms with E-state index in [2.05, 4.69) is 36.9 Å². The molecule has 3 rings (SSSR count). The molecule has 1 aliphatic rings. The van der Waals surface area contributed by atoms with Crippen molar-refractivity contribution in [3.63, 3.8) is 0 Å². The molecule has 1 fully saturated rings. The zero-order chi connectivity index (χ0) is 20.4. The fourth-order valence-corrected chi connectivity index (χ4v) is 3.60. The third kappa shape index (κ3) is 3.78. The topological polar surface area (TPSA) is 69.9 Å². The molecule has 0 aromatic heterocycles. The lowest BCUT2D eigenvalue weighted by Crippen LogP contribution is -2.49. The summed E-state index contributed by atoms with van der Waals surface area (Å²) in [4.78, 5) is 29.7. The van der Waals surface area contributed by atoms with E-state index in [4.69, 9.17) is 0 Å². The van der Waals surface area contributed by atoms with Crippen LogP contribution in [0, 0.1) is 24.0 Å². The smallest absolute Gasteiger partial charge is 0.270 e. The predicted molar refractivity (Wildman–Crippen MR) is 111 cm³/mol. The molecular weight excluding hydrogens is 356 g/mol. The lowest BCUT2D eigenvalue weighted by Gasteiger charge is -2.37. The van der Waals surface area contributed by atoms with E-state index in [1.165, 1.54) is 28.9 Å². The molecular formula is C21H26N4O3. The number of nitro benzene ring substituents is 1. The maximum Gasteiger partial charge on any atom is 0.270 e. The van der Waals surface area contributed by atoms with Crippen LogP contribution in [0.25, 0.3) is 0 Å². The zero-order valence-corrected chi connectivity index (χ0v) is 16.8. The number of carbonyl (C=O) groups is 1. The number of benzene rings is 2. The highest BCUT2D eigenvalue weighted by Crippen LogP contribution is 2.27. The van der Waals surface area contributed by atoms with E-state index >= 15 is 0 Å². The first-order valence-electron chi connectivity index (χ1n) is 9.36. The molecule has 2 aromatic carbocycles. The maximum absolute atomic E-state index is 13.1. The Labute approximate surface area is 165 Å². The van der Waals surface area contributed by atoms with Crippen LogP contribution in [-0.2, 0) is 0 Å². The minimum Gasteiger partial charge on any atom is -0.377 e. The maximum atomic E-state index is 13.1. The van der Waals surface area contributed by atoms with E-state index in [0.717, 1.165) is 13.1 Å². The second-order valence-electron chi connectivity index (χ2n) is 7.35. The highest BCUT2D eigenvalue weighted by atomic mass is 16.6. The average Bonchev–Trinajstić information content (AvgIpc) is 2.69. The SMILES string of the molecule is Cc1cccc(N2CCN(C(=O)c3cc([N+](=O)[O-])ccc3N(C)C)CC2)c1C. The molecule has 1 saturated heterocycles. The number of non-ortho nitro benzene ring substituents is 1. The van der Waals surface area contributed by atoms with Crippen molar-refractivity contribution in [2.24, 2.45) is 0 Å². The second-order valence-corrected chi connectivity index (χ2v) is 7.35. The van der Waals surface area contributed by atoms with Gasteiger partial charge in [0.2, 0.25) is 0 Å². The molecule has 7 heteroatoms. The van der Waals surface area contributed by atoms with Crippen molar-refractivity contribution in [1.82, 2.24) is 4.90 Å². The first-order valence-corrected chi connectivity index (χ1v) is 9.36. The van der Waals surface area contributed by atoms with Gasteiger partial charge in [0, 0.05) is 63.8 Å². The first kappa shape index (κ1) is 19.7. The molecule has 0 spiro atoms. The molecule has 0 bridgehead atoms. The number of rotatable bonds is 4. The van der Waals surface area contributed by atoms with E-state index in [1.54, 1.807) is 11.0 Å². The molecule has 0 radical (unpaired) electrons. The van der Waals surface area contributed by atoms with E-state index in [1.807, 2.05) is 19.0 Å². The number of hydrogen-bond acceptors (Lipinski definition) is 5. The van der Waals surface area contributed by atoms with Crippen LogP contribution in [0.5, 0.6) is 0 Å². The van der Waals surface area contributed by atoms with Gasteiger partial charge in [-0.25, -0.2) is 0 Å². The van der Waals surface area contributed by atoms with Crippen molar-refractivity contribution in [2.75, 3.05) is 50.1 Å². The Kier molecular flexibility index (Phi) is 5.53. The number of hydrogen-bond donors (Lipinski definition) is 0. The van der Waals surface area contributed by atoms with Crippen LogP contribution in [0.15, 0.2) is 36.4 Å². The normalized spacial score (nSPS) is 14.1. The summed E-state index contributed by atoms with van der Waals surface area (Å²) in [5.74, 6) is -0.159. The van der Waals surface area contributed by atoms with Gasteiger partial charge in [0.25, 0.3) is 11.6 Å². The molecule has 0 atom stereocenters. The summed E-state index contributed by atoms with van der Waals surface area (Å²) in [6.45, 7) is 6.87. The fraction of sp³-hybridized carbons (Fsp3) is 0.381. The van der Waals surface area contributed by atoms with Gasteiger partial charge in [0.1, 0.15) is 0 Å². The molecule has 2 aromatic rings. The summed E-state index contributed by atoms with van der Waals surface area (Å²) in [6.07, 6.45) is 0. The van der Waals surface area contributed by atoms with Crippen LogP contribution in [0.2, 0.25) is 0 Å². The Hall–Kier alpha value is -3.09. The Bertz CT molecular complexity index is 903. The van der Waals surface area contributed by atoms with Crippen LogP contribution >= 0.6 is 0 Å². The van der Waals surface area contributed by atoms with Crippen LogP contribution in [-0.4, -0.2) is 56.0 Å². The number of anilines is 2. The van der Waals surface area contributed by atoms with Gasteiger partial charge in [-0.05, 0) is 37.1 Å². The van der Waals surface area contributed by atoms with Crippen LogP contribution in [0.1, 0.15) is 21.5 Å². The average molecular weight is 382 g/mol. The van der Waals surface area contributed by atoms with Gasteiger partial charge in [-0.1, -0.05) is 12.1 Å². The van der Waals surface area contributed by atoms with Gasteiger partial charge in [0.15, 0.2) is 0 Å². The Morgan fingerprint density at radius 2 is 1.75 bits per heavy atom. The first-order chi connectivity index (χ1) is 13.3. The van der Waals surface area contributed by atoms with Crippen molar-refractivity contribution in [2.45, 2.75) is 13.8 Å². The lowest BCUT2D eigenvalue weighted by molar-refractivity contribution is -0.384. The van der Waals surface area contributed by atoms with Crippen LogP contribution in [0.3, 0.4) is 0 Å². The number of piperazine rings is 1. The molecule has 148 valence electrons. The largest absolute Gasteiger partial charge is 0.377 e. The van der Waals surface area contributed by atoms with Crippen molar-refractivity contribution in [3.05, 3.63) is 63.2 Å². The third-order valence-electron chi connectivity index (χ3n) is 5.39. The Balaban J connectivity index is 1.79. The second kappa shape index (κ2) is 7.88. The highest BCUT2D eigenvalue weighted by molar-refractivity contribution is 6.00. The highest BCUT2D eigenvalue weighted by Gasteiger charge is 2.26. The zero-order valence-electron chi connectivity index (χ0n) is 16.8. The van der Waals surface area contributed by atoms with Crippen molar-refractivity contribution >= 4 is 23.0 Å². The standard InChI is InChI=1S/C21H26N4O3/c1-15-6-5-7-19(16(15)2)23-10-12-24(13-11-23)21(26)18-14-17(25(27)28)8-9-20(18)22(3)4/h5-9,14H,10-13H2,1-4H3. The lowest BCUT2D eigenvalue weighted by atomic mass is 10.1. The number of aryl methyl sites for hydroxylation is 1. The Morgan fingerprint density at radius 1 is 1.07 bits per heavy atom. The molecule has 7 nitrogen and oxygen atoms in total. The molecule has 0 aliphatic carbocycles. The predicted octanol–water partition coefficient (Wildman–Crippen LogP) is 3.24. The number of amides is 1. The summed E-state index contributed by atoms with van der Waals surface area (Å²) < 4.78 is 0. The van der Waals surface area contributed by atoms with Crippen molar-refractivity contribution in [3.8, 4) is 0 Å². The minimum atomic E-state index is -0.464. The van der Waals surface area contributed by atoms with Gasteiger partial charge in [-0.3, -0.25) is 14.9 Å². The van der Waals surface area contributed by atoms with Crippen molar-refractivity contribution < 1.29 is 9.72 Å². The third-order valence-corrected chi connectivity index (χ3v) is 5.39. The van der Waals surface area contributed by atoms with Crippen molar-refractivity contribution in [1.29, 1.82) is 0 Å². The molecule has 1 amide bonds. The van der Waals surface area contributed by atoms with E-state index in [0.29, 0.717) is 24.3 Å². The van der Waals surface area contributed by atoms with E-state index in [9.17, 15) is 14.9 Å². The van der Waals surface area contributed by atoms with E-state index in [-0.39, 0.29) is 11.6 Å². The summed E-state index contributed by atoms with van der Waals surface area (Å²) >= 11 is 0. The minimum absolute atomic E-state index is 0.0667. The van der Waals surface area contributed by atoms with Crippen LogP contribution < -0.4 is 9.80 Å². The van der Waals surface area contributed by atoms with Gasteiger partial charge < -0.3 is 14.7 Å². The van der Waals surface area contributed by atoms with Gasteiger partial charge in [0.05, 0.1) is 10.5 Å². The van der Waals surface area contributed by atoms with Gasteiger partial charge >= 0.3 is 0 Å². The Morgan fingerprint density at radius 3 is 2.36 bits per heavy atom. The monoisotopic (exact) mass is 382 g/mol. The molecule has 0 unspecified atom stereocenters. The molecule has 28 heavy (non-hydrogen) atoms. The van der Waals surface area contributed by atoms with Gasteiger partial charge in [-0.15, -0.1) is 0 Å². The molecule has 1 heterocycles. The fourth-order valence-electron chi connectivity index (χ4n) is 3.60. The molecule has 0 N–H and O–H groups in total. The quantitative estimate of drug-likeness (QED) is 0.600. The number of nitro groups is 1.